The quantitative estimate of drug-likeness (QED) is 0.619. The highest BCUT2D eigenvalue weighted by Gasteiger charge is 2.36. The highest BCUT2D eigenvalue weighted by Crippen LogP contribution is 2.26. The predicted octanol–water partition coefficient (Wildman–Crippen LogP) is 3.03. The number of hydrogen-bond donors (Lipinski definition) is 2. The molecule has 3 rings (SSSR count). The van der Waals surface area contributed by atoms with E-state index in [0.29, 0.717) is 38.0 Å². The number of hydrogen-bond acceptors (Lipinski definition) is 4. The zero-order valence-electron chi connectivity index (χ0n) is 19.5. The molecule has 1 aliphatic heterocycles. The van der Waals surface area contributed by atoms with Gasteiger partial charge in [-0.05, 0) is 63.3 Å². The first kappa shape index (κ1) is 24.9. The Balaban J connectivity index is 1.72. The molecule has 1 aliphatic rings. The van der Waals surface area contributed by atoms with Gasteiger partial charge in [-0.15, -0.1) is 0 Å². The van der Waals surface area contributed by atoms with Crippen molar-refractivity contribution in [2.75, 3.05) is 19.6 Å². The maximum absolute atomic E-state index is 13.0. The molecule has 2 N–H and O–H groups in total. The number of carbonyl (C=O) groups excluding carboxylic acids is 2. The number of aryl methyl sites for hydroxylation is 2. The van der Waals surface area contributed by atoms with Crippen LogP contribution in [0, 0.1) is 19.8 Å². The van der Waals surface area contributed by atoms with Crippen LogP contribution in [0.3, 0.4) is 0 Å². The third-order valence-electron chi connectivity index (χ3n) is 6.03. The van der Waals surface area contributed by atoms with Crippen LogP contribution in [0.1, 0.15) is 47.7 Å². The molecule has 33 heavy (non-hydrogen) atoms. The summed E-state index contributed by atoms with van der Waals surface area (Å²) in [6, 6.07) is 13.3. The van der Waals surface area contributed by atoms with Crippen LogP contribution >= 0.6 is 0 Å². The van der Waals surface area contributed by atoms with E-state index < -0.39 is 16.1 Å². The Kier molecular flexibility index (Phi) is 8.26. The van der Waals surface area contributed by atoms with Gasteiger partial charge in [-0.1, -0.05) is 42.3 Å². The molecule has 8 heteroatoms. The second kappa shape index (κ2) is 10.9. The normalized spacial score (nSPS) is 16.2. The van der Waals surface area contributed by atoms with E-state index in [1.54, 1.807) is 36.4 Å². The van der Waals surface area contributed by atoms with Crippen molar-refractivity contribution < 1.29 is 18.0 Å². The number of amides is 2. The van der Waals surface area contributed by atoms with Crippen LogP contribution in [-0.2, 0) is 14.8 Å². The van der Waals surface area contributed by atoms with Crippen LogP contribution in [-0.4, -0.2) is 50.2 Å². The lowest BCUT2D eigenvalue weighted by atomic mass is 9.89. The fraction of sp³-hybridized carbons (Fsp3) is 0.440. The third-order valence-corrected chi connectivity index (χ3v) is 7.94. The van der Waals surface area contributed by atoms with E-state index in [4.69, 9.17) is 0 Å². The maximum Gasteiger partial charge on any atom is 0.251 e. The van der Waals surface area contributed by atoms with E-state index >= 15 is 0 Å². The van der Waals surface area contributed by atoms with Gasteiger partial charge in [-0.3, -0.25) is 9.59 Å². The molecule has 0 radical (unpaired) electrons. The minimum Gasteiger partial charge on any atom is -0.354 e. The summed E-state index contributed by atoms with van der Waals surface area (Å²) in [6.45, 7) is 6.92. The van der Waals surface area contributed by atoms with Gasteiger partial charge in [-0.25, -0.2) is 8.42 Å². The summed E-state index contributed by atoms with van der Waals surface area (Å²) >= 11 is 0. The van der Waals surface area contributed by atoms with Crippen molar-refractivity contribution in [3.63, 3.8) is 0 Å². The number of nitrogens with zero attached hydrogens (tertiary/aromatic N) is 1. The molecule has 1 fully saturated rings. The van der Waals surface area contributed by atoms with Crippen molar-refractivity contribution in [1.29, 1.82) is 0 Å². The minimum absolute atomic E-state index is 0.153. The Bertz CT molecular complexity index is 1080. The first-order chi connectivity index (χ1) is 15.7. The maximum atomic E-state index is 13.0. The lowest BCUT2D eigenvalue weighted by Gasteiger charge is -2.35. The van der Waals surface area contributed by atoms with E-state index in [1.165, 1.54) is 4.31 Å². The predicted molar refractivity (Wildman–Crippen MR) is 128 cm³/mol. The highest BCUT2D eigenvalue weighted by molar-refractivity contribution is 7.89. The van der Waals surface area contributed by atoms with Gasteiger partial charge in [0, 0.05) is 25.2 Å². The van der Waals surface area contributed by atoms with Gasteiger partial charge >= 0.3 is 0 Å². The van der Waals surface area contributed by atoms with Crippen LogP contribution in [0.25, 0.3) is 0 Å². The van der Waals surface area contributed by atoms with Crippen molar-refractivity contribution >= 4 is 21.8 Å². The molecule has 0 saturated carbocycles. The van der Waals surface area contributed by atoms with Gasteiger partial charge in [-0.2, -0.15) is 4.31 Å². The first-order valence-electron chi connectivity index (χ1n) is 11.4. The topological polar surface area (TPSA) is 95.6 Å². The SMILES string of the molecule is CCCNC(=O)[C@@H](NC(=O)c1cccc(C)c1)C1CCN(S(=O)(=O)c2ccc(C)cc2)CC1. The second-order valence-corrected chi connectivity index (χ2v) is 10.6. The molecular weight excluding hydrogens is 438 g/mol. The molecule has 2 aromatic rings. The number of sulfonamides is 1. The van der Waals surface area contributed by atoms with Gasteiger partial charge in [0.15, 0.2) is 0 Å². The van der Waals surface area contributed by atoms with Gasteiger partial charge in [0.2, 0.25) is 15.9 Å². The smallest absolute Gasteiger partial charge is 0.251 e. The number of piperidine rings is 1. The van der Waals surface area contributed by atoms with Gasteiger partial charge < -0.3 is 10.6 Å². The summed E-state index contributed by atoms with van der Waals surface area (Å²) in [5.74, 6) is -0.678. The molecule has 1 atom stereocenters. The van der Waals surface area contributed by atoms with Gasteiger partial charge in [0.25, 0.3) is 5.91 Å². The number of nitrogens with one attached hydrogen (secondary N) is 2. The Morgan fingerprint density at radius 2 is 1.70 bits per heavy atom. The summed E-state index contributed by atoms with van der Waals surface area (Å²) in [5, 5.41) is 5.80. The second-order valence-electron chi connectivity index (χ2n) is 8.67. The zero-order chi connectivity index (χ0) is 24.0. The lowest BCUT2D eigenvalue weighted by molar-refractivity contribution is -0.124. The van der Waals surface area contributed by atoms with Crippen molar-refractivity contribution in [3.8, 4) is 0 Å². The van der Waals surface area contributed by atoms with E-state index in [0.717, 1.165) is 17.5 Å². The molecule has 2 aromatic carbocycles. The van der Waals surface area contributed by atoms with E-state index in [9.17, 15) is 18.0 Å². The van der Waals surface area contributed by atoms with Crippen LogP contribution in [0.5, 0.6) is 0 Å². The zero-order valence-corrected chi connectivity index (χ0v) is 20.3. The molecule has 0 spiro atoms. The average molecular weight is 472 g/mol. The Morgan fingerprint density at radius 1 is 1.03 bits per heavy atom. The summed E-state index contributed by atoms with van der Waals surface area (Å²) in [6.07, 6.45) is 1.77. The van der Waals surface area contributed by atoms with Gasteiger partial charge in [0.1, 0.15) is 6.04 Å². The first-order valence-corrected chi connectivity index (χ1v) is 12.9. The molecule has 2 amide bonds. The molecular formula is C25H33N3O4S. The van der Waals surface area contributed by atoms with Gasteiger partial charge in [0.05, 0.1) is 4.90 Å². The molecule has 178 valence electrons. The summed E-state index contributed by atoms with van der Waals surface area (Å²) in [5.41, 5.74) is 2.46. The Hall–Kier alpha value is -2.71. The summed E-state index contributed by atoms with van der Waals surface area (Å²) in [7, 11) is -3.59. The largest absolute Gasteiger partial charge is 0.354 e. The molecule has 7 nitrogen and oxygen atoms in total. The monoisotopic (exact) mass is 471 g/mol. The molecule has 0 aliphatic carbocycles. The van der Waals surface area contributed by atoms with Crippen molar-refractivity contribution in [3.05, 3.63) is 65.2 Å². The number of benzene rings is 2. The van der Waals surface area contributed by atoms with Crippen LogP contribution < -0.4 is 10.6 Å². The van der Waals surface area contributed by atoms with Crippen molar-refractivity contribution in [1.82, 2.24) is 14.9 Å². The molecule has 1 saturated heterocycles. The standard InChI is InChI=1S/C25H33N3O4S/c1-4-14-26-25(30)23(27-24(29)21-7-5-6-19(3)17-21)20-12-15-28(16-13-20)33(31,32)22-10-8-18(2)9-11-22/h5-11,17,20,23H,4,12-16H2,1-3H3,(H,26,30)(H,27,29)/t23-/m0/s1. The van der Waals surface area contributed by atoms with Crippen LogP contribution in [0.4, 0.5) is 0 Å². The lowest BCUT2D eigenvalue weighted by Crippen LogP contribution is -2.53. The number of rotatable bonds is 8. The molecule has 0 bridgehead atoms. The van der Waals surface area contributed by atoms with E-state index in [-0.39, 0.29) is 22.6 Å². The fourth-order valence-corrected chi connectivity index (χ4v) is 5.54. The van der Waals surface area contributed by atoms with Crippen LogP contribution in [0.2, 0.25) is 0 Å². The summed E-state index contributed by atoms with van der Waals surface area (Å²) in [4.78, 5) is 26.1. The van der Waals surface area contributed by atoms with E-state index in [2.05, 4.69) is 10.6 Å². The number of carbonyl (C=O) groups is 2. The highest BCUT2D eigenvalue weighted by atomic mass is 32.2. The van der Waals surface area contributed by atoms with Crippen molar-refractivity contribution in [2.45, 2.75) is 51.0 Å². The Labute approximate surface area is 196 Å². The minimum atomic E-state index is -3.59. The van der Waals surface area contributed by atoms with Crippen LogP contribution in [0.15, 0.2) is 53.4 Å². The third kappa shape index (κ3) is 6.21. The van der Waals surface area contributed by atoms with Crippen molar-refractivity contribution in [2.24, 2.45) is 5.92 Å². The fourth-order valence-electron chi connectivity index (χ4n) is 4.08. The summed E-state index contributed by atoms with van der Waals surface area (Å²) < 4.78 is 27.5. The molecule has 1 heterocycles. The Morgan fingerprint density at radius 3 is 2.30 bits per heavy atom. The van der Waals surface area contributed by atoms with E-state index in [1.807, 2.05) is 32.9 Å². The average Bonchev–Trinajstić information content (AvgIpc) is 2.81. The molecule has 0 aromatic heterocycles. The molecule has 0 unspecified atom stereocenters.